The minimum atomic E-state index is -3.73. The summed E-state index contributed by atoms with van der Waals surface area (Å²) >= 11 is 0. The fourth-order valence-electron chi connectivity index (χ4n) is 5.84. The summed E-state index contributed by atoms with van der Waals surface area (Å²) in [6, 6.07) is 25.4. The normalized spacial score (nSPS) is 13.2. The molecule has 11 nitrogen and oxygen atoms in total. The van der Waals surface area contributed by atoms with E-state index in [0.717, 1.165) is 46.5 Å². The number of rotatable bonds is 8. The van der Waals surface area contributed by atoms with E-state index < -0.39 is 10.0 Å². The average Bonchev–Trinajstić information content (AvgIpc) is 3.75. The predicted molar refractivity (Wildman–Crippen MR) is 169 cm³/mol. The molecule has 0 aliphatic carbocycles. The maximum Gasteiger partial charge on any atom is 0.261 e. The topological polar surface area (TPSA) is 118 Å². The summed E-state index contributed by atoms with van der Waals surface area (Å²) in [5.41, 5.74) is 5.21. The Balaban J connectivity index is 1.03. The van der Waals surface area contributed by atoms with Crippen molar-refractivity contribution in [3.63, 3.8) is 0 Å². The fraction of sp³-hybridized carbons (Fsp3) is 0.147. The number of nitrogens with one attached hydrogen (secondary N) is 1. The molecule has 0 fully saturated rings. The lowest BCUT2D eigenvalue weighted by Crippen LogP contribution is -2.40. The van der Waals surface area contributed by atoms with Crippen LogP contribution in [0.5, 0.6) is 23.0 Å². The Bertz CT molecular complexity index is 2220. The van der Waals surface area contributed by atoms with Crippen LogP contribution in [0.15, 0.2) is 102 Å². The highest BCUT2D eigenvalue weighted by Crippen LogP contribution is 2.41. The molecule has 8 rings (SSSR count). The van der Waals surface area contributed by atoms with Gasteiger partial charge in [-0.3, -0.25) is 4.72 Å². The maximum atomic E-state index is 12.8. The number of sulfonamides is 1. The Morgan fingerprint density at radius 2 is 1.78 bits per heavy atom. The first-order valence-electron chi connectivity index (χ1n) is 14.6. The van der Waals surface area contributed by atoms with Gasteiger partial charge in [0.1, 0.15) is 12.3 Å². The zero-order valence-electron chi connectivity index (χ0n) is 24.7. The molecule has 230 valence electrons. The number of methoxy groups -OCH3 is 1. The van der Waals surface area contributed by atoms with Crippen LogP contribution in [0.4, 0.5) is 5.69 Å². The van der Waals surface area contributed by atoms with E-state index in [1.807, 2.05) is 18.2 Å². The number of pyridine rings is 1. The summed E-state index contributed by atoms with van der Waals surface area (Å²) in [5.74, 6) is 2.79. The smallest absolute Gasteiger partial charge is 0.261 e. The molecule has 2 aliphatic heterocycles. The van der Waals surface area contributed by atoms with Crippen LogP contribution in [0, 0.1) is 0 Å². The largest absolute Gasteiger partial charge is 0.493 e. The number of aryl methyl sites for hydroxylation is 2. The number of hydrogen-bond acceptors (Lipinski definition) is 8. The average molecular weight is 635 g/mol. The minimum Gasteiger partial charge on any atom is -0.493 e. The molecule has 0 saturated heterocycles. The highest BCUT2D eigenvalue weighted by Gasteiger charge is 2.29. The van der Waals surface area contributed by atoms with E-state index in [1.165, 1.54) is 17.7 Å². The van der Waals surface area contributed by atoms with Crippen molar-refractivity contribution < 1.29 is 31.9 Å². The Morgan fingerprint density at radius 3 is 2.59 bits per heavy atom. The van der Waals surface area contributed by atoms with Gasteiger partial charge in [-0.25, -0.2) is 13.1 Å². The molecule has 0 radical (unpaired) electrons. The predicted octanol–water partition coefficient (Wildman–Crippen LogP) is 5.05. The van der Waals surface area contributed by atoms with E-state index in [9.17, 15) is 8.42 Å². The molecule has 0 atom stereocenters. The van der Waals surface area contributed by atoms with Gasteiger partial charge in [0.15, 0.2) is 35.7 Å². The van der Waals surface area contributed by atoms with Crippen LogP contribution in [-0.2, 0) is 29.6 Å². The SMILES string of the molecule is COc1ccc2cc3[n+](cc2c1OCc1cn(-c2ccc(S(=O)(=O)Nc4ccccc4)cc2)nn1)CCc1cc2c(cc1-3)OCO2. The van der Waals surface area contributed by atoms with Gasteiger partial charge in [0.2, 0.25) is 12.5 Å². The molecule has 4 aromatic carbocycles. The second-order valence-corrected chi connectivity index (χ2v) is 12.7. The van der Waals surface area contributed by atoms with Crippen LogP contribution in [0.25, 0.3) is 27.7 Å². The lowest BCUT2D eigenvalue weighted by atomic mass is 9.95. The van der Waals surface area contributed by atoms with Gasteiger partial charge >= 0.3 is 0 Å². The zero-order chi connectivity index (χ0) is 31.3. The zero-order valence-corrected chi connectivity index (χ0v) is 25.5. The van der Waals surface area contributed by atoms with Crippen LogP contribution in [0.2, 0.25) is 0 Å². The van der Waals surface area contributed by atoms with E-state index in [4.69, 9.17) is 18.9 Å². The summed E-state index contributed by atoms with van der Waals surface area (Å²) < 4.78 is 55.3. The Kier molecular flexibility index (Phi) is 6.71. The maximum absolute atomic E-state index is 12.8. The van der Waals surface area contributed by atoms with E-state index in [2.05, 4.69) is 44.0 Å². The van der Waals surface area contributed by atoms with Gasteiger partial charge in [0.05, 0.1) is 34.8 Å². The van der Waals surface area contributed by atoms with Gasteiger partial charge in [-0.05, 0) is 71.6 Å². The number of para-hydroxylation sites is 1. The first-order chi connectivity index (χ1) is 22.4. The number of hydrogen-bond donors (Lipinski definition) is 1. The van der Waals surface area contributed by atoms with Crippen molar-refractivity contribution in [2.45, 2.75) is 24.5 Å². The molecule has 0 unspecified atom stereocenters. The molecule has 0 bridgehead atoms. The van der Waals surface area contributed by atoms with Crippen molar-refractivity contribution >= 4 is 26.5 Å². The van der Waals surface area contributed by atoms with Gasteiger partial charge in [-0.1, -0.05) is 23.4 Å². The number of nitrogens with zero attached hydrogens (tertiary/aromatic N) is 4. The lowest BCUT2D eigenvalue weighted by Gasteiger charge is -2.17. The summed E-state index contributed by atoms with van der Waals surface area (Å²) in [6.45, 7) is 1.20. The lowest BCUT2D eigenvalue weighted by molar-refractivity contribution is -0.686. The van der Waals surface area contributed by atoms with Crippen molar-refractivity contribution in [1.82, 2.24) is 15.0 Å². The van der Waals surface area contributed by atoms with Crippen molar-refractivity contribution in [2.24, 2.45) is 0 Å². The molecule has 0 saturated carbocycles. The third-order valence-corrected chi connectivity index (χ3v) is 9.54. The van der Waals surface area contributed by atoms with E-state index >= 15 is 0 Å². The summed E-state index contributed by atoms with van der Waals surface area (Å²) in [4.78, 5) is 0.140. The standard InChI is InChI=1S/C34H28N5O6S/c1-42-31-12-7-22-15-30-28-17-33-32(44-21-45-33)16-23(28)13-14-38(30)19-29(22)34(31)43-20-25-18-39(37-35-25)26-8-10-27(11-9-26)46(40,41)36-24-5-3-2-4-6-24/h2-12,15-19,36H,13-14,20-21H2,1H3/q+1. The third kappa shape index (κ3) is 5.02. The minimum absolute atomic E-state index is 0.140. The number of aromatic nitrogens is 4. The van der Waals surface area contributed by atoms with E-state index in [-0.39, 0.29) is 18.3 Å². The molecule has 2 aliphatic rings. The highest BCUT2D eigenvalue weighted by atomic mass is 32.2. The molecular weight excluding hydrogens is 606 g/mol. The quantitative estimate of drug-likeness (QED) is 0.231. The molecule has 12 heteroatoms. The monoisotopic (exact) mass is 634 g/mol. The molecule has 0 amide bonds. The second-order valence-electron chi connectivity index (χ2n) is 11.0. The molecule has 2 aromatic heterocycles. The summed E-state index contributed by atoms with van der Waals surface area (Å²) in [7, 11) is -2.11. The van der Waals surface area contributed by atoms with Crippen molar-refractivity contribution in [3.05, 3.63) is 109 Å². The van der Waals surface area contributed by atoms with Crippen LogP contribution < -0.4 is 28.2 Å². The number of ether oxygens (including phenoxy) is 4. The Hall–Kier alpha value is -5.62. The first kappa shape index (κ1) is 27.9. The van der Waals surface area contributed by atoms with Crippen LogP contribution in [-0.4, -0.2) is 37.3 Å². The molecule has 4 heterocycles. The van der Waals surface area contributed by atoms with Gasteiger partial charge in [-0.2, -0.15) is 4.57 Å². The number of anilines is 1. The Morgan fingerprint density at radius 1 is 0.978 bits per heavy atom. The van der Waals surface area contributed by atoms with Gasteiger partial charge in [0.25, 0.3) is 10.0 Å². The van der Waals surface area contributed by atoms with E-state index in [1.54, 1.807) is 54.4 Å². The highest BCUT2D eigenvalue weighted by molar-refractivity contribution is 7.92. The number of benzene rings is 4. The Labute approximate surface area is 264 Å². The number of fused-ring (bicyclic) bond motifs is 5. The van der Waals surface area contributed by atoms with Crippen LogP contribution in [0.3, 0.4) is 0 Å². The molecule has 46 heavy (non-hydrogen) atoms. The van der Waals surface area contributed by atoms with Gasteiger partial charge < -0.3 is 18.9 Å². The van der Waals surface area contributed by atoms with Crippen molar-refractivity contribution in [2.75, 3.05) is 18.6 Å². The molecular formula is C34H28N5O6S+. The van der Waals surface area contributed by atoms with Gasteiger partial charge in [-0.15, -0.1) is 5.10 Å². The van der Waals surface area contributed by atoms with Crippen molar-refractivity contribution in [3.8, 4) is 39.9 Å². The summed E-state index contributed by atoms with van der Waals surface area (Å²) in [5, 5.41) is 10.4. The second kappa shape index (κ2) is 11.1. The first-order valence-corrected chi connectivity index (χ1v) is 16.1. The van der Waals surface area contributed by atoms with Crippen LogP contribution in [0.1, 0.15) is 11.3 Å². The third-order valence-electron chi connectivity index (χ3n) is 8.14. The molecule has 1 N–H and O–H groups in total. The van der Waals surface area contributed by atoms with Crippen molar-refractivity contribution in [1.29, 1.82) is 0 Å². The molecule has 0 spiro atoms. The molecule has 6 aromatic rings. The summed E-state index contributed by atoms with van der Waals surface area (Å²) in [6.07, 6.45) is 4.73. The fourth-order valence-corrected chi connectivity index (χ4v) is 6.90. The van der Waals surface area contributed by atoms with Crippen LogP contribution >= 0.6 is 0 Å². The van der Waals surface area contributed by atoms with E-state index in [0.29, 0.717) is 28.6 Å². The van der Waals surface area contributed by atoms with Gasteiger partial charge in [0, 0.05) is 18.2 Å².